The number of benzene rings is 2. The van der Waals surface area contributed by atoms with Gasteiger partial charge in [-0.1, -0.05) is 30.3 Å². The monoisotopic (exact) mass is 239 g/mol. The lowest BCUT2D eigenvalue weighted by Gasteiger charge is -2.28. The van der Waals surface area contributed by atoms with E-state index in [0.717, 1.165) is 13.0 Å². The van der Waals surface area contributed by atoms with E-state index in [1.807, 2.05) is 12.1 Å². The Morgan fingerprint density at radius 3 is 2.78 bits per heavy atom. The van der Waals surface area contributed by atoms with Crippen molar-refractivity contribution < 1.29 is 5.11 Å². The standard InChI is InChI=1S/C16H17NO/c1-11-4-2-3-5-14(11)16-15-7-6-13(18)10-12(15)8-9-17-16/h2-7,10,16-18H,8-9H2,1H3/t16-/m1/s1. The number of rotatable bonds is 1. The second-order valence-electron chi connectivity index (χ2n) is 4.88. The van der Waals surface area contributed by atoms with E-state index in [2.05, 4.69) is 36.5 Å². The van der Waals surface area contributed by atoms with Crippen LogP contribution in [-0.2, 0) is 6.42 Å². The van der Waals surface area contributed by atoms with Gasteiger partial charge in [-0.15, -0.1) is 0 Å². The Morgan fingerprint density at radius 2 is 1.94 bits per heavy atom. The molecular weight excluding hydrogens is 222 g/mol. The highest BCUT2D eigenvalue weighted by molar-refractivity contribution is 5.45. The smallest absolute Gasteiger partial charge is 0.115 e. The van der Waals surface area contributed by atoms with Crippen molar-refractivity contribution in [3.63, 3.8) is 0 Å². The molecule has 2 aromatic carbocycles. The molecule has 2 aromatic rings. The third-order valence-corrected chi connectivity index (χ3v) is 3.68. The SMILES string of the molecule is Cc1ccccc1[C@H]1NCCc2cc(O)ccc21. The summed E-state index contributed by atoms with van der Waals surface area (Å²) < 4.78 is 0. The molecule has 2 N–H and O–H groups in total. The zero-order valence-corrected chi connectivity index (χ0v) is 10.5. The van der Waals surface area contributed by atoms with E-state index in [4.69, 9.17) is 0 Å². The molecule has 0 radical (unpaired) electrons. The van der Waals surface area contributed by atoms with Crippen molar-refractivity contribution in [2.24, 2.45) is 0 Å². The zero-order valence-electron chi connectivity index (χ0n) is 10.5. The van der Waals surface area contributed by atoms with Crippen LogP contribution in [0.1, 0.15) is 28.3 Å². The lowest BCUT2D eigenvalue weighted by Crippen LogP contribution is -2.30. The Morgan fingerprint density at radius 1 is 1.11 bits per heavy atom. The summed E-state index contributed by atoms with van der Waals surface area (Å²) in [6.45, 7) is 3.10. The molecule has 0 fully saturated rings. The zero-order chi connectivity index (χ0) is 12.5. The van der Waals surface area contributed by atoms with Crippen molar-refractivity contribution in [1.82, 2.24) is 5.32 Å². The van der Waals surface area contributed by atoms with Gasteiger partial charge in [-0.2, -0.15) is 0 Å². The molecule has 1 aliphatic heterocycles. The van der Waals surface area contributed by atoms with E-state index in [9.17, 15) is 5.11 Å². The molecule has 0 unspecified atom stereocenters. The summed E-state index contributed by atoms with van der Waals surface area (Å²) >= 11 is 0. The molecule has 2 nitrogen and oxygen atoms in total. The van der Waals surface area contributed by atoms with E-state index in [1.54, 1.807) is 6.07 Å². The first kappa shape index (κ1) is 11.3. The van der Waals surface area contributed by atoms with Crippen LogP contribution in [0.4, 0.5) is 0 Å². The van der Waals surface area contributed by atoms with E-state index in [1.165, 1.54) is 22.3 Å². The molecule has 0 bridgehead atoms. The Labute approximate surface area is 107 Å². The highest BCUT2D eigenvalue weighted by Gasteiger charge is 2.22. The fraction of sp³-hybridized carbons (Fsp3) is 0.250. The van der Waals surface area contributed by atoms with Gasteiger partial charge in [-0.05, 0) is 47.7 Å². The maximum absolute atomic E-state index is 9.58. The number of fused-ring (bicyclic) bond motifs is 1. The first-order chi connectivity index (χ1) is 8.75. The van der Waals surface area contributed by atoms with E-state index in [0.29, 0.717) is 5.75 Å². The average Bonchev–Trinajstić information content (AvgIpc) is 2.38. The Balaban J connectivity index is 2.09. The van der Waals surface area contributed by atoms with Crippen LogP contribution in [0.2, 0.25) is 0 Å². The summed E-state index contributed by atoms with van der Waals surface area (Å²) in [7, 11) is 0. The first-order valence-corrected chi connectivity index (χ1v) is 6.36. The van der Waals surface area contributed by atoms with Crippen molar-refractivity contribution >= 4 is 0 Å². The number of phenolic OH excluding ortho intramolecular Hbond substituents is 1. The predicted molar refractivity (Wildman–Crippen MR) is 72.8 cm³/mol. The van der Waals surface area contributed by atoms with Gasteiger partial charge in [0, 0.05) is 6.54 Å². The Kier molecular flexibility index (Phi) is 2.80. The molecule has 1 aliphatic rings. The van der Waals surface area contributed by atoms with Gasteiger partial charge in [0.25, 0.3) is 0 Å². The van der Waals surface area contributed by atoms with Gasteiger partial charge >= 0.3 is 0 Å². The molecule has 1 heterocycles. The predicted octanol–water partition coefficient (Wildman–Crippen LogP) is 2.94. The van der Waals surface area contributed by atoms with Gasteiger partial charge in [-0.3, -0.25) is 0 Å². The average molecular weight is 239 g/mol. The minimum atomic E-state index is 0.246. The largest absolute Gasteiger partial charge is 0.508 e. The minimum absolute atomic E-state index is 0.246. The van der Waals surface area contributed by atoms with E-state index < -0.39 is 0 Å². The quantitative estimate of drug-likeness (QED) is 0.802. The maximum atomic E-state index is 9.58. The van der Waals surface area contributed by atoms with Crippen LogP contribution in [0.5, 0.6) is 5.75 Å². The molecule has 0 aromatic heterocycles. The summed E-state index contributed by atoms with van der Waals surface area (Å²) in [5.41, 5.74) is 5.16. The van der Waals surface area contributed by atoms with Crippen molar-refractivity contribution in [2.45, 2.75) is 19.4 Å². The van der Waals surface area contributed by atoms with Crippen LogP contribution in [0.25, 0.3) is 0 Å². The fourth-order valence-corrected chi connectivity index (χ4v) is 2.74. The van der Waals surface area contributed by atoms with Crippen LogP contribution in [-0.4, -0.2) is 11.7 Å². The normalized spacial score (nSPS) is 18.4. The molecule has 3 rings (SSSR count). The van der Waals surface area contributed by atoms with Crippen molar-refractivity contribution in [1.29, 1.82) is 0 Å². The van der Waals surface area contributed by atoms with Gasteiger partial charge in [0.2, 0.25) is 0 Å². The molecular formula is C16H17NO. The van der Waals surface area contributed by atoms with E-state index >= 15 is 0 Å². The summed E-state index contributed by atoms with van der Waals surface area (Å²) in [4.78, 5) is 0. The Bertz CT molecular complexity index is 577. The molecule has 2 heteroatoms. The molecule has 92 valence electrons. The van der Waals surface area contributed by atoms with Crippen LogP contribution >= 0.6 is 0 Å². The highest BCUT2D eigenvalue weighted by Crippen LogP contribution is 2.32. The molecule has 0 saturated heterocycles. The molecule has 18 heavy (non-hydrogen) atoms. The minimum Gasteiger partial charge on any atom is -0.508 e. The third kappa shape index (κ3) is 1.89. The van der Waals surface area contributed by atoms with Crippen molar-refractivity contribution in [3.8, 4) is 5.75 Å². The fourth-order valence-electron chi connectivity index (χ4n) is 2.74. The van der Waals surface area contributed by atoms with Gasteiger partial charge in [0.1, 0.15) is 5.75 Å². The lowest BCUT2D eigenvalue weighted by molar-refractivity contribution is 0.471. The highest BCUT2D eigenvalue weighted by atomic mass is 16.3. The molecule has 0 saturated carbocycles. The summed E-state index contributed by atoms with van der Waals surface area (Å²) in [5.74, 6) is 0.360. The van der Waals surface area contributed by atoms with Crippen LogP contribution in [0, 0.1) is 6.92 Å². The number of hydrogen-bond donors (Lipinski definition) is 2. The summed E-state index contributed by atoms with van der Waals surface area (Å²) in [6.07, 6.45) is 0.978. The molecule has 1 atom stereocenters. The van der Waals surface area contributed by atoms with Crippen molar-refractivity contribution in [3.05, 3.63) is 64.7 Å². The number of nitrogens with one attached hydrogen (secondary N) is 1. The van der Waals surface area contributed by atoms with Crippen LogP contribution < -0.4 is 5.32 Å². The second-order valence-corrected chi connectivity index (χ2v) is 4.88. The number of hydrogen-bond acceptors (Lipinski definition) is 2. The van der Waals surface area contributed by atoms with Crippen LogP contribution in [0.3, 0.4) is 0 Å². The first-order valence-electron chi connectivity index (χ1n) is 6.36. The maximum Gasteiger partial charge on any atom is 0.115 e. The van der Waals surface area contributed by atoms with Gasteiger partial charge in [0.15, 0.2) is 0 Å². The van der Waals surface area contributed by atoms with Gasteiger partial charge in [0.05, 0.1) is 6.04 Å². The van der Waals surface area contributed by atoms with E-state index in [-0.39, 0.29) is 6.04 Å². The third-order valence-electron chi connectivity index (χ3n) is 3.68. The Hall–Kier alpha value is -1.80. The summed E-state index contributed by atoms with van der Waals surface area (Å²) in [5, 5.41) is 13.1. The summed E-state index contributed by atoms with van der Waals surface area (Å²) in [6, 6.07) is 14.4. The number of phenols is 1. The topological polar surface area (TPSA) is 32.3 Å². The second kappa shape index (κ2) is 4.46. The van der Waals surface area contributed by atoms with Crippen molar-refractivity contribution in [2.75, 3.05) is 6.54 Å². The molecule has 0 aliphatic carbocycles. The van der Waals surface area contributed by atoms with Gasteiger partial charge in [-0.25, -0.2) is 0 Å². The van der Waals surface area contributed by atoms with Crippen LogP contribution in [0.15, 0.2) is 42.5 Å². The number of aromatic hydroxyl groups is 1. The molecule has 0 amide bonds. The number of aryl methyl sites for hydroxylation is 1. The molecule has 0 spiro atoms. The lowest BCUT2D eigenvalue weighted by atomic mass is 9.88. The van der Waals surface area contributed by atoms with Gasteiger partial charge < -0.3 is 10.4 Å².